The number of nitrogens with zero attached hydrogens (tertiary/aromatic N) is 4. The second kappa shape index (κ2) is 4.97. The van der Waals surface area contributed by atoms with Crippen LogP contribution in [0.1, 0.15) is 5.82 Å². The number of ether oxygens (including phenoxy) is 2. The van der Waals surface area contributed by atoms with Crippen LogP contribution in [0.5, 0.6) is 0 Å². The molecule has 0 radical (unpaired) electrons. The maximum atomic E-state index is 12.2. The molecule has 3 rings (SSSR count). The summed E-state index contributed by atoms with van der Waals surface area (Å²) in [5, 5.41) is 0. The van der Waals surface area contributed by atoms with Gasteiger partial charge in [-0.15, -0.1) is 6.58 Å². The zero-order valence-corrected chi connectivity index (χ0v) is 11.9. The van der Waals surface area contributed by atoms with Gasteiger partial charge in [0.15, 0.2) is 11.8 Å². The third-order valence-electron chi connectivity index (χ3n) is 3.55. The minimum atomic E-state index is -0.452. The van der Waals surface area contributed by atoms with Crippen molar-refractivity contribution in [3.05, 3.63) is 39.3 Å². The highest BCUT2D eigenvalue weighted by atomic mass is 16.7. The highest BCUT2D eigenvalue weighted by molar-refractivity contribution is 5.71. The van der Waals surface area contributed by atoms with Gasteiger partial charge in [-0.2, -0.15) is 0 Å². The predicted molar refractivity (Wildman–Crippen MR) is 74.9 cm³/mol. The maximum Gasteiger partial charge on any atom is 0.332 e. The molecule has 1 atom stereocenters. The third kappa shape index (κ3) is 2.03. The molecular weight excluding hydrogens is 276 g/mol. The van der Waals surface area contributed by atoms with E-state index < -0.39 is 11.8 Å². The summed E-state index contributed by atoms with van der Waals surface area (Å²) in [7, 11) is 3.06. The molecule has 2 aromatic rings. The van der Waals surface area contributed by atoms with Gasteiger partial charge in [-0.05, 0) is 0 Å². The van der Waals surface area contributed by atoms with E-state index in [1.165, 1.54) is 11.6 Å². The zero-order chi connectivity index (χ0) is 15.1. The summed E-state index contributed by atoms with van der Waals surface area (Å²) in [5.74, 6) is 0.613. The summed E-state index contributed by atoms with van der Waals surface area (Å²) in [5.41, 5.74) is -0.0278. The van der Waals surface area contributed by atoms with Gasteiger partial charge in [-0.25, -0.2) is 9.78 Å². The number of aromatic nitrogens is 4. The first-order valence-electron chi connectivity index (χ1n) is 6.53. The molecule has 0 bridgehead atoms. The molecule has 2 aromatic heterocycles. The molecule has 8 heteroatoms. The van der Waals surface area contributed by atoms with Crippen LogP contribution in [0.3, 0.4) is 0 Å². The molecule has 0 aromatic carbocycles. The van der Waals surface area contributed by atoms with Gasteiger partial charge in [-0.1, -0.05) is 6.08 Å². The SMILES string of the molecule is C=CCOC1Cn2c(nc3c(=O)n(C)c(=O)n(C)c32)CO1. The van der Waals surface area contributed by atoms with Crippen molar-refractivity contribution < 1.29 is 9.47 Å². The Morgan fingerprint density at radius 2 is 2.19 bits per heavy atom. The molecule has 1 unspecified atom stereocenters. The fourth-order valence-corrected chi connectivity index (χ4v) is 2.48. The number of imidazole rings is 1. The van der Waals surface area contributed by atoms with E-state index in [9.17, 15) is 9.59 Å². The number of rotatable bonds is 3. The van der Waals surface area contributed by atoms with E-state index in [2.05, 4.69) is 11.6 Å². The number of fused-ring (bicyclic) bond motifs is 3. The Bertz CT molecular complexity index is 829. The van der Waals surface area contributed by atoms with E-state index in [0.717, 1.165) is 4.57 Å². The van der Waals surface area contributed by atoms with Gasteiger partial charge in [0.2, 0.25) is 0 Å². The number of hydrogen-bond donors (Lipinski definition) is 0. The van der Waals surface area contributed by atoms with Crippen molar-refractivity contribution in [2.24, 2.45) is 14.1 Å². The van der Waals surface area contributed by atoms with Crippen LogP contribution in [0, 0.1) is 0 Å². The minimum Gasteiger partial charge on any atom is -0.347 e. The standard InChI is InChI=1S/C13H16N4O4/c1-4-5-20-9-6-17-8(7-21-9)14-10-11(17)15(2)13(19)16(3)12(10)18/h4,9H,1,5-7H2,2-3H3. The largest absolute Gasteiger partial charge is 0.347 e. The Kier molecular flexibility index (Phi) is 3.26. The van der Waals surface area contributed by atoms with E-state index in [0.29, 0.717) is 24.6 Å². The number of aryl methyl sites for hydroxylation is 1. The second-order valence-electron chi connectivity index (χ2n) is 4.88. The first-order chi connectivity index (χ1) is 10.0. The summed E-state index contributed by atoms with van der Waals surface area (Å²) < 4.78 is 15.3. The summed E-state index contributed by atoms with van der Waals surface area (Å²) >= 11 is 0. The second-order valence-corrected chi connectivity index (χ2v) is 4.88. The van der Waals surface area contributed by atoms with Crippen LogP contribution in [0.4, 0.5) is 0 Å². The Morgan fingerprint density at radius 1 is 1.43 bits per heavy atom. The van der Waals surface area contributed by atoms with Crippen molar-refractivity contribution in [1.29, 1.82) is 0 Å². The topological polar surface area (TPSA) is 80.3 Å². The van der Waals surface area contributed by atoms with Crippen LogP contribution in [-0.2, 0) is 36.7 Å². The summed E-state index contributed by atoms with van der Waals surface area (Å²) in [6.07, 6.45) is 1.18. The molecule has 0 aliphatic carbocycles. The molecular formula is C13H16N4O4. The van der Waals surface area contributed by atoms with Gasteiger partial charge in [0.25, 0.3) is 5.56 Å². The van der Waals surface area contributed by atoms with E-state index in [1.807, 2.05) is 0 Å². The van der Waals surface area contributed by atoms with E-state index >= 15 is 0 Å². The lowest BCUT2D eigenvalue weighted by Crippen LogP contribution is -2.38. The zero-order valence-electron chi connectivity index (χ0n) is 11.9. The maximum absolute atomic E-state index is 12.2. The first kappa shape index (κ1) is 13.8. The lowest BCUT2D eigenvalue weighted by Gasteiger charge is -2.24. The van der Waals surface area contributed by atoms with Crippen molar-refractivity contribution in [3.8, 4) is 0 Å². The molecule has 1 aliphatic heterocycles. The van der Waals surface area contributed by atoms with Crippen LogP contribution in [0.25, 0.3) is 11.2 Å². The highest BCUT2D eigenvalue weighted by Crippen LogP contribution is 2.19. The van der Waals surface area contributed by atoms with E-state index in [1.54, 1.807) is 17.7 Å². The molecule has 0 amide bonds. The lowest BCUT2D eigenvalue weighted by atomic mass is 10.4. The molecule has 0 saturated heterocycles. The van der Waals surface area contributed by atoms with Crippen LogP contribution in [0.2, 0.25) is 0 Å². The molecule has 8 nitrogen and oxygen atoms in total. The summed E-state index contributed by atoms with van der Waals surface area (Å²) in [6.45, 7) is 4.56. The van der Waals surface area contributed by atoms with E-state index in [4.69, 9.17) is 9.47 Å². The molecule has 0 fully saturated rings. The molecule has 112 valence electrons. The molecule has 0 saturated carbocycles. The Balaban J connectivity index is 2.17. The molecule has 0 N–H and O–H groups in total. The molecule has 1 aliphatic rings. The monoisotopic (exact) mass is 292 g/mol. The normalized spacial score (nSPS) is 17.9. The fourth-order valence-electron chi connectivity index (χ4n) is 2.48. The molecule has 0 spiro atoms. The summed E-state index contributed by atoms with van der Waals surface area (Å²) in [6, 6.07) is 0. The van der Waals surface area contributed by atoms with Crippen LogP contribution >= 0.6 is 0 Å². The smallest absolute Gasteiger partial charge is 0.332 e. The Hall–Kier alpha value is -2.19. The fraction of sp³-hybridized carbons (Fsp3) is 0.462. The van der Waals surface area contributed by atoms with Gasteiger partial charge in [0.05, 0.1) is 13.2 Å². The van der Waals surface area contributed by atoms with E-state index in [-0.39, 0.29) is 17.8 Å². The average molecular weight is 292 g/mol. The predicted octanol–water partition coefficient (Wildman–Crippen LogP) is -0.507. The van der Waals surface area contributed by atoms with Crippen LogP contribution in [0.15, 0.2) is 22.2 Å². The van der Waals surface area contributed by atoms with Crippen molar-refractivity contribution in [3.63, 3.8) is 0 Å². The quantitative estimate of drug-likeness (QED) is 0.712. The summed E-state index contributed by atoms with van der Waals surface area (Å²) in [4.78, 5) is 28.5. The van der Waals surface area contributed by atoms with Gasteiger partial charge in [0.1, 0.15) is 18.1 Å². The lowest BCUT2D eigenvalue weighted by molar-refractivity contribution is -0.163. The average Bonchev–Trinajstić information content (AvgIpc) is 2.87. The Labute approximate surface area is 119 Å². The van der Waals surface area contributed by atoms with Crippen LogP contribution < -0.4 is 11.2 Å². The third-order valence-corrected chi connectivity index (χ3v) is 3.55. The van der Waals surface area contributed by atoms with Crippen molar-refractivity contribution in [1.82, 2.24) is 18.7 Å². The van der Waals surface area contributed by atoms with Crippen molar-refractivity contribution >= 4 is 11.2 Å². The van der Waals surface area contributed by atoms with Crippen LogP contribution in [-0.4, -0.2) is 31.6 Å². The van der Waals surface area contributed by atoms with Gasteiger partial charge < -0.3 is 14.0 Å². The minimum absolute atomic E-state index is 0.230. The first-order valence-corrected chi connectivity index (χ1v) is 6.53. The highest BCUT2D eigenvalue weighted by Gasteiger charge is 2.26. The number of hydrogen-bond acceptors (Lipinski definition) is 5. The Morgan fingerprint density at radius 3 is 2.90 bits per heavy atom. The van der Waals surface area contributed by atoms with Crippen molar-refractivity contribution in [2.75, 3.05) is 6.61 Å². The van der Waals surface area contributed by atoms with Gasteiger partial charge in [0, 0.05) is 14.1 Å². The molecule has 3 heterocycles. The van der Waals surface area contributed by atoms with Gasteiger partial charge >= 0.3 is 5.69 Å². The molecule has 21 heavy (non-hydrogen) atoms. The van der Waals surface area contributed by atoms with Gasteiger partial charge in [-0.3, -0.25) is 13.9 Å². The van der Waals surface area contributed by atoms with Crippen molar-refractivity contribution in [2.45, 2.75) is 19.4 Å².